The number of hydrogen-bond acceptors (Lipinski definition) is 4. The molecule has 1 fully saturated rings. The van der Waals surface area contributed by atoms with Crippen LogP contribution < -0.4 is 10.3 Å². The van der Waals surface area contributed by atoms with Crippen molar-refractivity contribution in [3.63, 3.8) is 0 Å². The van der Waals surface area contributed by atoms with Crippen molar-refractivity contribution < 1.29 is 18.0 Å². The van der Waals surface area contributed by atoms with Crippen molar-refractivity contribution in [3.05, 3.63) is 83.0 Å². The molecule has 0 saturated carbocycles. The van der Waals surface area contributed by atoms with Gasteiger partial charge < -0.3 is 0 Å². The zero-order valence-electron chi connectivity index (χ0n) is 17.5. The van der Waals surface area contributed by atoms with E-state index in [9.17, 15) is 18.4 Å². The monoisotopic (exact) mass is 466 g/mol. The van der Waals surface area contributed by atoms with Crippen LogP contribution in [0.25, 0.3) is 28.2 Å². The summed E-state index contributed by atoms with van der Waals surface area (Å²) in [4.78, 5) is 26.9. The average Bonchev–Trinajstić information content (AvgIpc) is 3.47. The Morgan fingerprint density at radius 2 is 1.74 bits per heavy atom. The number of aromatic nitrogens is 4. The first kappa shape index (κ1) is 21.4. The summed E-state index contributed by atoms with van der Waals surface area (Å²) in [6.07, 6.45) is 2.81. The van der Waals surface area contributed by atoms with E-state index in [2.05, 4.69) is 15.3 Å². The lowest BCUT2D eigenvalue weighted by atomic mass is 10.0. The summed E-state index contributed by atoms with van der Waals surface area (Å²) in [6.45, 7) is -3.09. The van der Waals surface area contributed by atoms with E-state index in [4.69, 9.17) is 0 Å². The predicted molar refractivity (Wildman–Crippen MR) is 118 cm³/mol. The third-order valence-electron chi connectivity index (χ3n) is 5.56. The average molecular weight is 466 g/mol. The van der Waals surface area contributed by atoms with Gasteiger partial charge in [0, 0.05) is 30.5 Å². The normalized spacial score (nSPS) is 13.8. The number of halogens is 3. The van der Waals surface area contributed by atoms with Crippen LogP contribution >= 0.6 is 0 Å². The van der Waals surface area contributed by atoms with E-state index >= 15 is 4.39 Å². The molecule has 11 heteroatoms. The highest BCUT2D eigenvalue weighted by molar-refractivity contribution is 5.94. The fourth-order valence-corrected chi connectivity index (χ4v) is 3.90. The number of alkyl halides is 2. The van der Waals surface area contributed by atoms with Gasteiger partial charge in [0.1, 0.15) is 5.82 Å². The second-order valence-electron chi connectivity index (χ2n) is 7.51. The molecule has 2 aromatic carbocycles. The maximum absolute atomic E-state index is 15.1. The van der Waals surface area contributed by atoms with Crippen molar-refractivity contribution >= 4 is 11.7 Å². The minimum Gasteiger partial charge on any atom is -0.292 e. The van der Waals surface area contributed by atoms with Crippen LogP contribution in [-0.2, 0) is 0 Å². The number of rotatable bonds is 5. The zero-order valence-corrected chi connectivity index (χ0v) is 17.5. The minimum absolute atomic E-state index is 0.00538. The molecule has 8 nitrogen and oxygen atoms in total. The van der Waals surface area contributed by atoms with Gasteiger partial charge in [0.15, 0.2) is 5.69 Å². The van der Waals surface area contributed by atoms with E-state index in [1.807, 2.05) is 30.3 Å². The standard InChI is InChI=1S/C23H17F3N6O2/c24-18-12-15(30-10-11-31(22(25)26)23(30)34)6-7-16(18)17-13-27-29-20(21(17)33)19-8-9-28-32(19)14-4-2-1-3-5-14/h1-9,12-13,22H,10-11H2,(H,27,33). The van der Waals surface area contributed by atoms with Crippen LogP contribution in [0.2, 0.25) is 0 Å². The van der Waals surface area contributed by atoms with Crippen molar-refractivity contribution in [3.8, 4) is 28.2 Å². The van der Waals surface area contributed by atoms with Gasteiger partial charge in [-0.3, -0.25) is 19.7 Å². The molecule has 0 bridgehead atoms. The highest BCUT2D eigenvalue weighted by atomic mass is 19.3. The number of urea groups is 1. The lowest BCUT2D eigenvalue weighted by Crippen LogP contribution is -2.35. The van der Waals surface area contributed by atoms with Gasteiger partial charge in [0.2, 0.25) is 5.43 Å². The maximum Gasteiger partial charge on any atom is 0.328 e. The van der Waals surface area contributed by atoms with Gasteiger partial charge in [0.25, 0.3) is 0 Å². The molecule has 5 rings (SSSR count). The van der Waals surface area contributed by atoms with Gasteiger partial charge in [-0.25, -0.2) is 13.9 Å². The van der Waals surface area contributed by atoms with Crippen LogP contribution in [0.15, 0.2) is 71.8 Å². The van der Waals surface area contributed by atoms with Crippen molar-refractivity contribution in [2.24, 2.45) is 0 Å². The summed E-state index contributed by atoms with van der Waals surface area (Å²) in [5, 5.41) is 11.0. The first-order chi connectivity index (χ1) is 16.5. The summed E-state index contributed by atoms with van der Waals surface area (Å²) >= 11 is 0. The third-order valence-corrected chi connectivity index (χ3v) is 5.56. The molecule has 1 N–H and O–H groups in total. The van der Waals surface area contributed by atoms with Gasteiger partial charge in [0.05, 0.1) is 23.1 Å². The van der Waals surface area contributed by atoms with Gasteiger partial charge in [-0.15, -0.1) is 0 Å². The van der Waals surface area contributed by atoms with Crippen LogP contribution in [0.5, 0.6) is 0 Å². The summed E-state index contributed by atoms with van der Waals surface area (Å²) in [5.41, 5.74) is 0.795. The summed E-state index contributed by atoms with van der Waals surface area (Å²) < 4.78 is 42.5. The molecule has 1 saturated heterocycles. The topological polar surface area (TPSA) is 87.1 Å². The third kappa shape index (κ3) is 3.60. The van der Waals surface area contributed by atoms with Crippen molar-refractivity contribution in [1.29, 1.82) is 0 Å². The van der Waals surface area contributed by atoms with Gasteiger partial charge >= 0.3 is 12.6 Å². The Labute approximate surface area is 190 Å². The van der Waals surface area contributed by atoms with Crippen molar-refractivity contribution in [2.45, 2.75) is 6.55 Å². The molecular weight excluding hydrogens is 449 g/mol. The van der Waals surface area contributed by atoms with E-state index in [0.717, 1.165) is 16.7 Å². The number of carbonyl (C=O) groups is 1. The number of anilines is 1. The number of para-hydroxylation sites is 1. The fraction of sp³-hybridized carbons (Fsp3) is 0.130. The van der Waals surface area contributed by atoms with Crippen molar-refractivity contribution in [1.82, 2.24) is 24.9 Å². The molecule has 0 aliphatic carbocycles. The van der Waals surface area contributed by atoms with E-state index in [-0.39, 0.29) is 35.6 Å². The first-order valence-corrected chi connectivity index (χ1v) is 10.3. The molecule has 3 heterocycles. The minimum atomic E-state index is -2.93. The quantitative estimate of drug-likeness (QED) is 0.452. The summed E-state index contributed by atoms with van der Waals surface area (Å²) in [6, 6.07) is 13.7. The number of H-pyrrole nitrogens is 1. The maximum atomic E-state index is 15.1. The lowest BCUT2D eigenvalue weighted by Gasteiger charge is -2.18. The number of aromatic amines is 1. The smallest absolute Gasteiger partial charge is 0.292 e. The zero-order chi connectivity index (χ0) is 23.8. The molecule has 4 aromatic rings. The van der Waals surface area contributed by atoms with E-state index in [1.165, 1.54) is 24.5 Å². The number of hydrogen-bond donors (Lipinski definition) is 1. The van der Waals surface area contributed by atoms with E-state index in [0.29, 0.717) is 10.6 Å². The molecule has 2 aromatic heterocycles. The lowest BCUT2D eigenvalue weighted by molar-refractivity contribution is 0.0151. The Hall–Kier alpha value is -4.41. The molecule has 1 aliphatic heterocycles. The molecule has 2 amide bonds. The Morgan fingerprint density at radius 3 is 2.44 bits per heavy atom. The van der Waals surface area contributed by atoms with Crippen LogP contribution in [0.4, 0.5) is 23.7 Å². The molecule has 0 atom stereocenters. The van der Waals surface area contributed by atoms with Crippen LogP contribution in [-0.4, -0.2) is 50.5 Å². The van der Waals surface area contributed by atoms with Gasteiger partial charge in [-0.2, -0.15) is 19.0 Å². The molecule has 0 radical (unpaired) electrons. The van der Waals surface area contributed by atoms with Crippen molar-refractivity contribution in [2.75, 3.05) is 18.0 Å². The predicted octanol–water partition coefficient (Wildman–Crippen LogP) is 3.89. The largest absolute Gasteiger partial charge is 0.328 e. The summed E-state index contributed by atoms with van der Waals surface area (Å²) in [5.74, 6) is -0.778. The van der Waals surface area contributed by atoms with E-state index in [1.54, 1.807) is 10.7 Å². The SMILES string of the molecule is O=C1N(c2ccc(-c3c[nH]nc(-c4ccnn4-c4ccccc4)c3=O)c(F)c2)CCN1C(F)F. The molecule has 0 spiro atoms. The Morgan fingerprint density at radius 1 is 0.941 bits per heavy atom. The van der Waals surface area contributed by atoms with Crippen LogP contribution in [0.3, 0.4) is 0 Å². The second-order valence-corrected chi connectivity index (χ2v) is 7.51. The highest BCUT2D eigenvalue weighted by Crippen LogP contribution is 2.29. The van der Waals surface area contributed by atoms with Gasteiger partial charge in [-0.1, -0.05) is 18.2 Å². The molecule has 1 aliphatic rings. The number of nitrogens with one attached hydrogen (secondary N) is 1. The number of benzene rings is 2. The number of nitrogens with zero attached hydrogens (tertiary/aromatic N) is 5. The molecule has 0 unspecified atom stereocenters. The van der Waals surface area contributed by atoms with Gasteiger partial charge in [-0.05, 0) is 36.4 Å². The Balaban J connectivity index is 1.51. The van der Waals surface area contributed by atoms with E-state index < -0.39 is 23.8 Å². The number of carbonyl (C=O) groups excluding carboxylic acids is 1. The molecule has 172 valence electrons. The first-order valence-electron chi connectivity index (χ1n) is 10.3. The summed E-state index contributed by atoms with van der Waals surface area (Å²) in [7, 11) is 0. The Bertz CT molecular complexity index is 1420. The molecule has 34 heavy (non-hydrogen) atoms. The second kappa shape index (κ2) is 8.50. The molecular formula is C23H17F3N6O2. The fourth-order valence-electron chi connectivity index (χ4n) is 3.90. The number of amides is 2. The van der Waals surface area contributed by atoms with Crippen LogP contribution in [0, 0.1) is 5.82 Å². The highest BCUT2D eigenvalue weighted by Gasteiger charge is 2.35. The Kier molecular flexibility index (Phi) is 5.36. The van der Waals surface area contributed by atoms with Crippen LogP contribution in [0.1, 0.15) is 0 Å².